The molecule has 0 radical (unpaired) electrons. The number of thiophene rings is 1. The topological polar surface area (TPSA) is 26.0 Å². The zero-order valence-corrected chi connectivity index (χ0v) is 10.5. The molecule has 1 nitrogen and oxygen atoms in total. The smallest absolute Gasteiger partial charge is 0.00823 e. The van der Waals surface area contributed by atoms with Gasteiger partial charge < -0.3 is 5.73 Å². The van der Waals surface area contributed by atoms with Gasteiger partial charge >= 0.3 is 0 Å². The van der Waals surface area contributed by atoms with Gasteiger partial charge in [0.1, 0.15) is 0 Å². The molecule has 84 valence electrons. The molecule has 0 saturated heterocycles. The van der Waals surface area contributed by atoms with Gasteiger partial charge in [-0.05, 0) is 56.2 Å². The molecule has 1 aromatic rings. The fourth-order valence-corrected chi connectivity index (χ4v) is 3.81. The maximum atomic E-state index is 5.89. The van der Waals surface area contributed by atoms with E-state index in [2.05, 4.69) is 26.0 Å². The third-order valence-electron chi connectivity index (χ3n) is 3.68. The van der Waals surface area contributed by atoms with Gasteiger partial charge in [0, 0.05) is 9.75 Å². The normalized spacial score (nSPS) is 31.8. The molecule has 2 heteroatoms. The van der Waals surface area contributed by atoms with Crippen LogP contribution in [-0.2, 0) is 0 Å². The van der Waals surface area contributed by atoms with Gasteiger partial charge in [-0.15, -0.1) is 11.3 Å². The van der Waals surface area contributed by atoms with Gasteiger partial charge in [0.05, 0.1) is 0 Å². The number of hydrogen-bond donors (Lipinski definition) is 1. The first kappa shape index (κ1) is 11.2. The summed E-state index contributed by atoms with van der Waals surface area (Å²) < 4.78 is 0. The molecule has 0 bridgehead atoms. The summed E-state index contributed by atoms with van der Waals surface area (Å²) in [5.74, 6) is 2.33. The van der Waals surface area contributed by atoms with Crippen LogP contribution >= 0.6 is 11.3 Å². The molecule has 3 atom stereocenters. The molecule has 0 aromatic carbocycles. The SMILES string of the molecule is Cc1ccc(C2CC(C)CCC2CN)s1. The lowest BCUT2D eigenvalue weighted by Crippen LogP contribution is -2.27. The molecule has 1 aromatic heterocycles. The van der Waals surface area contributed by atoms with Gasteiger partial charge in [-0.2, -0.15) is 0 Å². The van der Waals surface area contributed by atoms with Gasteiger partial charge in [-0.25, -0.2) is 0 Å². The minimum atomic E-state index is 0.722. The number of hydrogen-bond acceptors (Lipinski definition) is 2. The molecular weight excluding hydrogens is 202 g/mol. The highest BCUT2D eigenvalue weighted by atomic mass is 32.1. The number of rotatable bonds is 2. The van der Waals surface area contributed by atoms with Gasteiger partial charge in [-0.1, -0.05) is 13.3 Å². The molecule has 1 saturated carbocycles. The van der Waals surface area contributed by atoms with Crippen LogP contribution < -0.4 is 5.73 Å². The van der Waals surface area contributed by atoms with Crippen molar-refractivity contribution in [2.75, 3.05) is 6.54 Å². The Morgan fingerprint density at radius 3 is 2.80 bits per heavy atom. The van der Waals surface area contributed by atoms with E-state index in [0.29, 0.717) is 0 Å². The van der Waals surface area contributed by atoms with Crippen LogP contribution in [0.2, 0.25) is 0 Å². The lowest BCUT2D eigenvalue weighted by atomic mass is 9.74. The lowest BCUT2D eigenvalue weighted by molar-refractivity contribution is 0.256. The number of aryl methyl sites for hydroxylation is 1. The van der Waals surface area contributed by atoms with E-state index in [0.717, 1.165) is 24.3 Å². The molecule has 3 unspecified atom stereocenters. The first-order valence-corrected chi connectivity index (χ1v) is 6.78. The maximum Gasteiger partial charge on any atom is 0.00823 e. The summed E-state index contributed by atoms with van der Waals surface area (Å²) in [4.78, 5) is 2.99. The fraction of sp³-hybridized carbons (Fsp3) is 0.692. The molecule has 2 rings (SSSR count). The zero-order valence-electron chi connectivity index (χ0n) is 9.70. The Labute approximate surface area is 96.7 Å². The van der Waals surface area contributed by atoms with Gasteiger partial charge in [0.2, 0.25) is 0 Å². The average molecular weight is 223 g/mol. The zero-order chi connectivity index (χ0) is 10.8. The van der Waals surface area contributed by atoms with Crippen LogP contribution in [0.1, 0.15) is 41.9 Å². The lowest BCUT2D eigenvalue weighted by Gasteiger charge is -2.33. The third kappa shape index (κ3) is 2.43. The van der Waals surface area contributed by atoms with Crippen LogP contribution in [0.4, 0.5) is 0 Å². The van der Waals surface area contributed by atoms with E-state index in [1.165, 1.54) is 24.1 Å². The van der Waals surface area contributed by atoms with Crippen molar-refractivity contribution < 1.29 is 0 Å². The molecule has 1 fully saturated rings. The van der Waals surface area contributed by atoms with Crippen molar-refractivity contribution in [1.29, 1.82) is 0 Å². The monoisotopic (exact) mass is 223 g/mol. The number of nitrogens with two attached hydrogens (primary N) is 1. The van der Waals surface area contributed by atoms with Crippen LogP contribution in [0.25, 0.3) is 0 Å². The quantitative estimate of drug-likeness (QED) is 0.815. The van der Waals surface area contributed by atoms with E-state index < -0.39 is 0 Å². The second-order valence-electron chi connectivity index (χ2n) is 4.97. The summed E-state index contributed by atoms with van der Waals surface area (Å²) in [6.07, 6.45) is 4.02. The highest BCUT2D eigenvalue weighted by Crippen LogP contribution is 2.42. The molecule has 2 N–H and O–H groups in total. The third-order valence-corrected chi connectivity index (χ3v) is 4.82. The Bertz CT molecular complexity index is 318. The molecule has 1 aliphatic rings. The maximum absolute atomic E-state index is 5.89. The summed E-state index contributed by atoms with van der Waals surface area (Å²) in [7, 11) is 0. The Morgan fingerprint density at radius 1 is 1.40 bits per heavy atom. The van der Waals surface area contributed by atoms with Crippen LogP contribution in [0, 0.1) is 18.8 Å². The molecule has 15 heavy (non-hydrogen) atoms. The van der Waals surface area contributed by atoms with E-state index in [1.807, 2.05) is 11.3 Å². The Balaban J connectivity index is 2.16. The summed E-state index contributed by atoms with van der Waals surface area (Å²) in [5, 5.41) is 0. The van der Waals surface area contributed by atoms with Crippen molar-refractivity contribution >= 4 is 11.3 Å². The van der Waals surface area contributed by atoms with Crippen molar-refractivity contribution in [2.24, 2.45) is 17.6 Å². The molecule has 0 spiro atoms. The Morgan fingerprint density at radius 2 is 2.20 bits per heavy atom. The summed E-state index contributed by atoms with van der Waals surface area (Å²) in [6, 6.07) is 4.55. The van der Waals surface area contributed by atoms with E-state index in [1.54, 1.807) is 4.88 Å². The molecule has 0 aliphatic heterocycles. The predicted molar refractivity (Wildman–Crippen MR) is 67.4 cm³/mol. The van der Waals surface area contributed by atoms with Gasteiger partial charge in [-0.3, -0.25) is 0 Å². The minimum Gasteiger partial charge on any atom is -0.330 e. The van der Waals surface area contributed by atoms with Crippen LogP contribution in [0.15, 0.2) is 12.1 Å². The van der Waals surface area contributed by atoms with Gasteiger partial charge in [0.25, 0.3) is 0 Å². The Kier molecular flexibility index (Phi) is 3.47. The van der Waals surface area contributed by atoms with Crippen molar-refractivity contribution in [1.82, 2.24) is 0 Å². The second-order valence-corrected chi connectivity index (χ2v) is 6.29. The minimum absolute atomic E-state index is 0.722. The van der Waals surface area contributed by atoms with E-state index in [-0.39, 0.29) is 0 Å². The second kappa shape index (κ2) is 4.67. The summed E-state index contributed by atoms with van der Waals surface area (Å²) in [5.41, 5.74) is 5.89. The molecule has 0 amide bonds. The first-order chi connectivity index (χ1) is 7.20. The molecule has 1 heterocycles. The average Bonchev–Trinajstić information content (AvgIpc) is 2.65. The largest absolute Gasteiger partial charge is 0.330 e. The summed E-state index contributed by atoms with van der Waals surface area (Å²) >= 11 is 1.96. The van der Waals surface area contributed by atoms with Crippen molar-refractivity contribution in [2.45, 2.75) is 39.0 Å². The van der Waals surface area contributed by atoms with Crippen molar-refractivity contribution in [3.63, 3.8) is 0 Å². The van der Waals surface area contributed by atoms with Crippen LogP contribution in [0.3, 0.4) is 0 Å². The van der Waals surface area contributed by atoms with E-state index >= 15 is 0 Å². The van der Waals surface area contributed by atoms with Gasteiger partial charge in [0.15, 0.2) is 0 Å². The van der Waals surface area contributed by atoms with Crippen molar-refractivity contribution in [3.05, 3.63) is 21.9 Å². The summed E-state index contributed by atoms with van der Waals surface area (Å²) in [6.45, 7) is 5.42. The molecule has 1 aliphatic carbocycles. The highest BCUT2D eigenvalue weighted by Gasteiger charge is 2.29. The Hall–Kier alpha value is -0.340. The van der Waals surface area contributed by atoms with E-state index in [9.17, 15) is 0 Å². The van der Waals surface area contributed by atoms with Crippen LogP contribution in [-0.4, -0.2) is 6.54 Å². The standard InChI is InChI=1S/C13H21NS/c1-9-3-5-11(8-14)12(7-9)13-6-4-10(2)15-13/h4,6,9,11-12H,3,5,7-8,14H2,1-2H3. The fourth-order valence-electron chi connectivity index (χ4n) is 2.73. The van der Waals surface area contributed by atoms with Crippen molar-refractivity contribution in [3.8, 4) is 0 Å². The molecular formula is C13H21NS. The highest BCUT2D eigenvalue weighted by molar-refractivity contribution is 7.12. The predicted octanol–water partition coefficient (Wildman–Crippen LogP) is 3.54. The van der Waals surface area contributed by atoms with E-state index in [4.69, 9.17) is 5.73 Å². The first-order valence-electron chi connectivity index (χ1n) is 5.97. The van der Waals surface area contributed by atoms with Crippen LogP contribution in [0.5, 0.6) is 0 Å².